The third-order valence-corrected chi connectivity index (χ3v) is 4.15. The maximum atomic E-state index is 10.1. The van der Waals surface area contributed by atoms with Gasteiger partial charge in [-0.25, -0.2) is 0 Å². The molecule has 1 aromatic rings. The summed E-state index contributed by atoms with van der Waals surface area (Å²) in [5, 5.41) is 49.0. The molecule has 1 aliphatic heterocycles. The maximum absolute atomic E-state index is 10.1. The number of ether oxygens (including phenoxy) is 2. The lowest BCUT2D eigenvalue weighted by Gasteiger charge is -2.40. The first-order chi connectivity index (χ1) is 11.7. The largest absolute Gasteiger partial charge is 0.508 e. The predicted octanol–water partition coefficient (Wildman–Crippen LogP) is 0.388. The highest BCUT2D eigenvalue weighted by Gasteiger charge is 2.45. The summed E-state index contributed by atoms with van der Waals surface area (Å²) >= 11 is 0. The fourth-order valence-electron chi connectivity index (χ4n) is 2.74. The van der Waals surface area contributed by atoms with Gasteiger partial charge in [-0.1, -0.05) is 11.6 Å². The minimum absolute atomic E-state index is 0.0933. The van der Waals surface area contributed by atoms with Crippen LogP contribution < -0.4 is 4.74 Å². The van der Waals surface area contributed by atoms with E-state index in [2.05, 4.69) is 0 Å². The van der Waals surface area contributed by atoms with Crippen LogP contribution in [0, 0.1) is 6.92 Å². The molecular weight excluding hydrogens is 328 g/mol. The Morgan fingerprint density at radius 3 is 2.44 bits per heavy atom. The van der Waals surface area contributed by atoms with Crippen LogP contribution in [0.4, 0.5) is 0 Å². The number of rotatable bonds is 5. The molecule has 1 aliphatic rings. The van der Waals surface area contributed by atoms with Crippen LogP contribution in [-0.2, 0) is 11.2 Å². The van der Waals surface area contributed by atoms with E-state index in [4.69, 9.17) is 9.47 Å². The lowest BCUT2D eigenvalue weighted by atomic mass is 9.99. The minimum Gasteiger partial charge on any atom is -0.508 e. The zero-order valence-corrected chi connectivity index (χ0v) is 14.6. The van der Waals surface area contributed by atoms with E-state index in [0.717, 1.165) is 5.57 Å². The van der Waals surface area contributed by atoms with Gasteiger partial charge in [0.1, 0.15) is 35.9 Å². The summed E-state index contributed by atoms with van der Waals surface area (Å²) < 4.78 is 11.2. The Labute approximate surface area is 146 Å². The molecule has 1 aromatic carbocycles. The number of benzene rings is 1. The summed E-state index contributed by atoms with van der Waals surface area (Å²) in [6.45, 7) is 5.12. The average Bonchev–Trinajstić information content (AvgIpc) is 2.55. The van der Waals surface area contributed by atoms with Crippen molar-refractivity contribution in [3.8, 4) is 11.5 Å². The molecule has 0 saturated carbocycles. The highest BCUT2D eigenvalue weighted by atomic mass is 16.7. The Morgan fingerprint density at radius 2 is 1.84 bits per heavy atom. The summed E-state index contributed by atoms with van der Waals surface area (Å²) in [6.07, 6.45) is -4.26. The van der Waals surface area contributed by atoms with E-state index in [-0.39, 0.29) is 5.75 Å². The Balaban J connectivity index is 2.30. The van der Waals surface area contributed by atoms with Crippen molar-refractivity contribution in [3.05, 3.63) is 34.9 Å². The molecule has 0 bridgehead atoms. The van der Waals surface area contributed by atoms with Crippen LogP contribution in [0.3, 0.4) is 0 Å². The number of aromatic hydroxyl groups is 1. The van der Waals surface area contributed by atoms with Crippen LogP contribution >= 0.6 is 0 Å². The first-order valence-corrected chi connectivity index (χ1v) is 8.17. The summed E-state index contributed by atoms with van der Waals surface area (Å²) in [5.74, 6) is 0.510. The smallest absolute Gasteiger partial charge is 0.229 e. The second kappa shape index (κ2) is 8.16. The molecule has 1 saturated heterocycles. The summed E-state index contributed by atoms with van der Waals surface area (Å²) in [4.78, 5) is 0. The normalized spacial score (nSPS) is 29.3. The van der Waals surface area contributed by atoms with E-state index in [1.54, 1.807) is 13.0 Å². The number of phenols is 1. The molecule has 5 N–H and O–H groups in total. The monoisotopic (exact) mass is 354 g/mol. The zero-order chi connectivity index (χ0) is 18.7. The van der Waals surface area contributed by atoms with E-state index in [0.29, 0.717) is 23.3 Å². The van der Waals surface area contributed by atoms with Crippen molar-refractivity contribution in [1.29, 1.82) is 0 Å². The fourth-order valence-corrected chi connectivity index (χ4v) is 2.74. The fraction of sp³-hybridized carbons (Fsp3) is 0.556. The number of aliphatic hydroxyl groups excluding tert-OH is 4. The van der Waals surface area contributed by atoms with Gasteiger partial charge < -0.3 is 35.0 Å². The van der Waals surface area contributed by atoms with Crippen molar-refractivity contribution in [2.24, 2.45) is 0 Å². The molecule has 0 amide bonds. The molecular formula is C18H26O7. The summed E-state index contributed by atoms with van der Waals surface area (Å²) in [6, 6.07) is 3.08. The van der Waals surface area contributed by atoms with E-state index < -0.39 is 37.3 Å². The van der Waals surface area contributed by atoms with Crippen molar-refractivity contribution in [3.63, 3.8) is 0 Å². The third kappa shape index (κ3) is 4.50. The predicted molar refractivity (Wildman–Crippen MR) is 90.4 cm³/mol. The molecule has 0 aromatic heterocycles. The van der Waals surface area contributed by atoms with E-state index in [1.807, 2.05) is 19.9 Å². The number of hydrogen-bond donors (Lipinski definition) is 5. The van der Waals surface area contributed by atoms with Crippen molar-refractivity contribution < 1.29 is 35.0 Å². The molecule has 7 nitrogen and oxygen atoms in total. The number of hydrogen-bond acceptors (Lipinski definition) is 7. The number of aryl methyl sites for hydroxylation is 1. The Hall–Kier alpha value is -1.64. The molecule has 25 heavy (non-hydrogen) atoms. The second-order valence-electron chi connectivity index (χ2n) is 6.55. The first-order valence-electron chi connectivity index (χ1n) is 8.17. The van der Waals surface area contributed by atoms with Gasteiger partial charge in [-0.3, -0.25) is 0 Å². The maximum Gasteiger partial charge on any atom is 0.229 e. The van der Waals surface area contributed by atoms with Crippen molar-refractivity contribution in [2.75, 3.05) is 6.61 Å². The van der Waals surface area contributed by atoms with Gasteiger partial charge in [-0.15, -0.1) is 0 Å². The quantitative estimate of drug-likeness (QED) is 0.485. The highest BCUT2D eigenvalue weighted by Crippen LogP contribution is 2.32. The zero-order valence-electron chi connectivity index (χ0n) is 14.6. The van der Waals surface area contributed by atoms with Gasteiger partial charge in [-0.2, -0.15) is 0 Å². The van der Waals surface area contributed by atoms with Crippen LogP contribution in [-0.4, -0.2) is 62.8 Å². The number of aliphatic hydroxyl groups is 4. The SMILES string of the molecule is CC(C)=CCc1cc(O)cc(C)c1O[C@@H]1O[C@H](CO)[C@@H](O)[C@H](O)[C@@H]1O. The van der Waals surface area contributed by atoms with Gasteiger partial charge in [0.05, 0.1) is 6.61 Å². The average molecular weight is 354 g/mol. The molecule has 0 radical (unpaired) electrons. The highest BCUT2D eigenvalue weighted by molar-refractivity contribution is 5.47. The first kappa shape index (κ1) is 19.7. The van der Waals surface area contributed by atoms with E-state index in [1.165, 1.54) is 6.07 Å². The molecule has 7 heteroatoms. The topological polar surface area (TPSA) is 120 Å². The molecule has 0 aliphatic carbocycles. The molecule has 5 atom stereocenters. The number of allylic oxidation sites excluding steroid dienone is 2. The molecule has 0 unspecified atom stereocenters. The van der Waals surface area contributed by atoms with Crippen LogP contribution in [0.5, 0.6) is 11.5 Å². The van der Waals surface area contributed by atoms with Gasteiger partial charge in [0, 0.05) is 5.56 Å². The standard InChI is InChI=1S/C18H26O7/c1-9(2)4-5-11-7-12(20)6-10(3)17(11)25-18-16(23)15(22)14(21)13(8-19)24-18/h4,6-7,13-16,18-23H,5,8H2,1-3H3/t13-,14-,15+,16+,18+/m1/s1. The van der Waals surface area contributed by atoms with E-state index >= 15 is 0 Å². The van der Waals surface area contributed by atoms with Gasteiger partial charge in [0.2, 0.25) is 6.29 Å². The Bertz CT molecular complexity index is 622. The Morgan fingerprint density at radius 1 is 1.16 bits per heavy atom. The third-order valence-electron chi connectivity index (χ3n) is 4.15. The molecule has 2 rings (SSSR count). The lowest BCUT2D eigenvalue weighted by molar-refractivity contribution is -0.277. The summed E-state index contributed by atoms with van der Waals surface area (Å²) in [7, 11) is 0. The second-order valence-corrected chi connectivity index (χ2v) is 6.55. The Kier molecular flexibility index (Phi) is 6.42. The van der Waals surface area contributed by atoms with Crippen LogP contribution in [0.2, 0.25) is 0 Å². The van der Waals surface area contributed by atoms with Crippen LogP contribution in [0.1, 0.15) is 25.0 Å². The van der Waals surface area contributed by atoms with Crippen LogP contribution in [0.15, 0.2) is 23.8 Å². The molecule has 1 fully saturated rings. The van der Waals surface area contributed by atoms with Gasteiger partial charge in [-0.05, 0) is 44.9 Å². The molecule has 0 spiro atoms. The molecule has 140 valence electrons. The number of phenolic OH excluding ortho intramolecular Hbond substituents is 1. The van der Waals surface area contributed by atoms with Crippen molar-refractivity contribution in [1.82, 2.24) is 0 Å². The summed E-state index contributed by atoms with van der Waals surface area (Å²) in [5.41, 5.74) is 2.42. The van der Waals surface area contributed by atoms with Crippen molar-refractivity contribution in [2.45, 2.75) is 57.9 Å². The lowest BCUT2D eigenvalue weighted by Crippen LogP contribution is -2.60. The molecule has 1 heterocycles. The van der Waals surface area contributed by atoms with Crippen LogP contribution in [0.25, 0.3) is 0 Å². The van der Waals surface area contributed by atoms with Crippen molar-refractivity contribution >= 4 is 0 Å². The van der Waals surface area contributed by atoms with Gasteiger partial charge >= 0.3 is 0 Å². The minimum atomic E-state index is -1.51. The van der Waals surface area contributed by atoms with Gasteiger partial charge in [0.25, 0.3) is 0 Å². The van der Waals surface area contributed by atoms with Gasteiger partial charge in [0.15, 0.2) is 0 Å². The van der Waals surface area contributed by atoms with E-state index in [9.17, 15) is 25.5 Å².